The van der Waals surface area contributed by atoms with Crippen LogP contribution in [0.3, 0.4) is 0 Å². The van der Waals surface area contributed by atoms with Crippen LogP contribution in [0, 0.1) is 6.92 Å². The number of rotatable bonds is 3. The minimum absolute atomic E-state index is 0.370. The molecule has 0 fully saturated rings. The lowest BCUT2D eigenvalue weighted by Gasteiger charge is -2.31. The van der Waals surface area contributed by atoms with E-state index in [1.54, 1.807) is 0 Å². The summed E-state index contributed by atoms with van der Waals surface area (Å²) >= 11 is 0. The second-order valence-electron chi connectivity index (χ2n) is 14.4. The van der Waals surface area contributed by atoms with Gasteiger partial charge in [0, 0.05) is 5.69 Å². The number of nitrogens with one attached hydrogen (secondary N) is 1. The van der Waals surface area contributed by atoms with Crippen molar-refractivity contribution in [2.45, 2.75) is 12.3 Å². The molecule has 1 spiro atoms. The summed E-state index contributed by atoms with van der Waals surface area (Å²) in [6, 6.07) is 70.1. The summed E-state index contributed by atoms with van der Waals surface area (Å²) in [5.41, 5.74) is 23.0. The molecule has 9 aromatic carbocycles. The summed E-state index contributed by atoms with van der Waals surface area (Å²) in [6.07, 6.45) is 0. The molecule has 0 saturated heterocycles. The molecule has 2 aliphatic carbocycles. The van der Waals surface area contributed by atoms with Gasteiger partial charge < -0.3 is 11.1 Å². The van der Waals surface area contributed by atoms with Crippen molar-refractivity contribution in [3.8, 4) is 33.4 Å². The van der Waals surface area contributed by atoms with Gasteiger partial charge in [0.05, 0.1) is 16.8 Å². The highest BCUT2D eigenvalue weighted by Crippen LogP contribution is 2.65. The third-order valence-electron chi connectivity index (χ3n) is 11.4. The molecule has 0 bridgehead atoms. The predicted molar refractivity (Wildman–Crippen MR) is 229 cm³/mol. The molecule has 0 radical (unpaired) electrons. The Bertz CT molecular complexity index is 2820. The van der Waals surface area contributed by atoms with Crippen molar-refractivity contribution < 1.29 is 0 Å². The Kier molecular flexibility index (Phi) is 7.45. The molecule has 2 aliphatic rings. The number of benzene rings is 9. The molecule has 11 rings (SSSR count). The summed E-state index contributed by atoms with van der Waals surface area (Å²) in [7, 11) is 0. The summed E-state index contributed by atoms with van der Waals surface area (Å²) < 4.78 is 0. The third-order valence-corrected chi connectivity index (χ3v) is 11.4. The maximum absolute atomic E-state index is 5.81. The van der Waals surface area contributed by atoms with Crippen molar-refractivity contribution in [3.63, 3.8) is 0 Å². The van der Waals surface area contributed by atoms with Crippen molar-refractivity contribution >= 4 is 38.6 Å². The summed E-state index contributed by atoms with van der Waals surface area (Å²) in [5.74, 6) is 0. The number of fused-ring (bicyclic) bond motifs is 14. The van der Waals surface area contributed by atoms with Crippen molar-refractivity contribution in [1.29, 1.82) is 0 Å². The smallest absolute Gasteiger partial charge is 0.0726 e. The fourth-order valence-electron chi connectivity index (χ4n) is 9.01. The van der Waals surface area contributed by atoms with Gasteiger partial charge in [-0.25, -0.2) is 0 Å². The first-order valence-corrected chi connectivity index (χ1v) is 18.6. The van der Waals surface area contributed by atoms with Crippen molar-refractivity contribution in [1.82, 2.24) is 0 Å². The molecule has 0 aliphatic heterocycles. The molecule has 54 heavy (non-hydrogen) atoms. The van der Waals surface area contributed by atoms with E-state index >= 15 is 0 Å². The maximum atomic E-state index is 5.81. The van der Waals surface area contributed by atoms with E-state index in [4.69, 9.17) is 5.73 Å². The average molecular weight is 691 g/mol. The lowest BCUT2D eigenvalue weighted by Crippen LogP contribution is -2.26. The highest BCUT2D eigenvalue weighted by atomic mass is 14.9. The van der Waals surface area contributed by atoms with E-state index in [1.165, 1.54) is 82.7 Å². The van der Waals surface area contributed by atoms with Crippen molar-refractivity contribution in [2.75, 3.05) is 11.1 Å². The number of aryl methyl sites for hydroxylation is 1. The maximum Gasteiger partial charge on any atom is 0.0726 e. The van der Waals surface area contributed by atoms with Gasteiger partial charge in [-0.05, 0) is 114 Å². The predicted octanol–water partition coefficient (Wildman–Crippen LogP) is 13.3. The standard InChI is InChI=1S/C40H26.C12H12N2/c1-25-18-20-27(21-19-25)33-24-37-39(32-15-5-4-12-29(32)33)38-28-11-3-2-10-26(28)22-23-36(38)40(37)34-16-8-6-13-30(34)31-14-7-9-17-35(31)40;13-11-8-4-5-9-12(11)14-10-6-2-1-3-7-10/h2-24H,1H3;1-9,14H,13H2. The van der Waals surface area contributed by atoms with Gasteiger partial charge in [-0.1, -0.05) is 169 Å². The summed E-state index contributed by atoms with van der Waals surface area (Å²) in [5, 5.41) is 8.49. The fraction of sp³-hybridized carbons (Fsp3) is 0.0385. The molecule has 0 saturated carbocycles. The summed E-state index contributed by atoms with van der Waals surface area (Å²) in [4.78, 5) is 0. The van der Waals surface area contributed by atoms with Crippen LogP contribution in [0.2, 0.25) is 0 Å². The Balaban J connectivity index is 0.000000218. The highest BCUT2D eigenvalue weighted by Gasteiger charge is 2.52. The Labute approximate surface area is 316 Å². The largest absolute Gasteiger partial charge is 0.397 e. The Hall–Kier alpha value is -6.90. The van der Waals surface area contributed by atoms with E-state index in [-0.39, 0.29) is 5.41 Å². The van der Waals surface area contributed by atoms with E-state index in [2.05, 4.69) is 152 Å². The van der Waals surface area contributed by atoms with Gasteiger partial charge in [0.1, 0.15) is 0 Å². The summed E-state index contributed by atoms with van der Waals surface area (Å²) in [6.45, 7) is 2.16. The number of hydrogen-bond acceptors (Lipinski definition) is 2. The van der Waals surface area contributed by atoms with Crippen LogP contribution in [0.5, 0.6) is 0 Å². The number of nitrogen functional groups attached to an aromatic ring is 1. The quantitative estimate of drug-likeness (QED) is 0.181. The number of anilines is 3. The lowest BCUT2D eigenvalue weighted by molar-refractivity contribution is 0.795. The molecule has 9 aromatic rings. The molecule has 3 N–H and O–H groups in total. The van der Waals surface area contributed by atoms with Crippen molar-refractivity contribution in [3.05, 3.63) is 222 Å². The normalized spacial score (nSPS) is 12.8. The van der Waals surface area contributed by atoms with E-state index in [0.29, 0.717) is 0 Å². The molecular weight excluding hydrogens is 653 g/mol. The Morgan fingerprint density at radius 3 is 1.72 bits per heavy atom. The minimum atomic E-state index is -0.370. The van der Waals surface area contributed by atoms with Crippen LogP contribution >= 0.6 is 0 Å². The monoisotopic (exact) mass is 690 g/mol. The van der Waals surface area contributed by atoms with Gasteiger partial charge in [0.15, 0.2) is 0 Å². The van der Waals surface area contributed by atoms with Gasteiger partial charge >= 0.3 is 0 Å². The number of hydrogen-bond donors (Lipinski definition) is 2. The van der Waals surface area contributed by atoms with Crippen LogP contribution < -0.4 is 11.1 Å². The van der Waals surface area contributed by atoms with Gasteiger partial charge in [-0.2, -0.15) is 0 Å². The minimum Gasteiger partial charge on any atom is -0.397 e. The zero-order valence-electron chi connectivity index (χ0n) is 30.1. The highest BCUT2D eigenvalue weighted by molar-refractivity contribution is 6.16. The van der Waals surface area contributed by atoms with Crippen LogP contribution in [-0.4, -0.2) is 0 Å². The molecule has 2 heteroatoms. The first-order valence-electron chi connectivity index (χ1n) is 18.6. The molecule has 0 aromatic heterocycles. The molecule has 0 amide bonds. The van der Waals surface area contributed by atoms with Gasteiger partial charge in [0.25, 0.3) is 0 Å². The molecule has 2 nitrogen and oxygen atoms in total. The third kappa shape index (κ3) is 4.81. The lowest BCUT2D eigenvalue weighted by atomic mass is 9.70. The van der Waals surface area contributed by atoms with E-state index in [0.717, 1.165) is 17.1 Å². The second-order valence-corrected chi connectivity index (χ2v) is 14.4. The van der Waals surface area contributed by atoms with Crippen LogP contribution in [0.1, 0.15) is 27.8 Å². The Morgan fingerprint density at radius 1 is 0.426 bits per heavy atom. The fourth-order valence-corrected chi connectivity index (χ4v) is 9.01. The zero-order valence-corrected chi connectivity index (χ0v) is 30.1. The second kappa shape index (κ2) is 12.6. The van der Waals surface area contributed by atoms with E-state index in [9.17, 15) is 0 Å². The molecule has 0 heterocycles. The van der Waals surface area contributed by atoms with Crippen LogP contribution in [0.25, 0.3) is 54.9 Å². The van der Waals surface area contributed by atoms with E-state index in [1.807, 2.05) is 54.6 Å². The van der Waals surface area contributed by atoms with Gasteiger partial charge in [-0.3, -0.25) is 0 Å². The van der Waals surface area contributed by atoms with Crippen LogP contribution in [0.4, 0.5) is 17.1 Å². The molecule has 0 unspecified atom stereocenters. The zero-order chi connectivity index (χ0) is 36.2. The topological polar surface area (TPSA) is 38.0 Å². The van der Waals surface area contributed by atoms with Gasteiger partial charge in [-0.15, -0.1) is 0 Å². The Morgan fingerprint density at radius 2 is 1.00 bits per heavy atom. The first-order chi connectivity index (χ1) is 26.6. The van der Waals surface area contributed by atoms with E-state index < -0.39 is 0 Å². The van der Waals surface area contributed by atoms with Crippen LogP contribution in [-0.2, 0) is 5.41 Å². The number of para-hydroxylation sites is 3. The van der Waals surface area contributed by atoms with Crippen LogP contribution in [0.15, 0.2) is 194 Å². The van der Waals surface area contributed by atoms with Gasteiger partial charge in [0.2, 0.25) is 0 Å². The average Bonchev–Trinajstić information content (AvgIpc) is 3.70. The number of nitrogens with two attached hydrogens (primary N) is 1. The van der Waals surface area contributed by atoms with Crippen molar-refractivity contribution in [2.24, 2.45) is 0 Å². The molecular formula is C52H38N2. The molecule has 0 atom stereocenters. The SMILES string of the molecule is Cc1ccc(-c2cc3c(c4ccccc24)-c2c(ccc4ccccc24)C32c3ccccc3-c3ccccc32)cc1.Nc1ccccc1Nc1ccccc1. The molecule has 256 valence electrons. The first kappa shape index (κ1) is 31.8.